The van der Waals surface area contributed by atoms with E-state index >= 15 is 0 Å². The number of hydrogen-bond acceptors (Lipinski definition) is 4. The molecule has 128 valence electrons. The number of H-pyrrole nitrogens is 1. The molecule has 1 amide bonds. The number of nitrogens with one attached hydrogen (secondary N) is 1. The fourth-order valence-electron chi connectivity index (χ4n) is 3.15. The molecule has 4 rings (SSSR count). The number of piperidine rings is 1. The predicted octanol–water partition coefficient (Wildman–Crippen LogP) is 2.50. The third kappa shape index (κ3) is 3.02. The lowest BCUT2D eigenvalue weighted by atomic mass is 10.0. The first-order valence-electron chi connectivity index (χ1n) is 8.21. The molecule has 8 heteroatoms. The van der Waals surface area contributed by atoms with E-state index in [-0.39, 0.29) is 23.5 Å². The van der Waals surface area contributed by atoms with Gasteiger partial charge in [-0.1, -0.05) is 5.21 Å². The van der Waals surface area contributed by atoms with E-state index < -0.39 is 0 Å². The first-order valence-corrected chi connectivity index (χ1v) is 8.21. The number of aromatic nitrogens is 5. The van der Waals surface area contributed by atoms with Crippen molar-refractivity contribution in [3.05, 3.63) is 60.2 Å². The molecule has 1 N–H and O–H groups in total. The monoisotopic (exact) mass is 340 g/mol. The lowest BCUT2D eigenvalue weighted by molar-refractivity contribution is 0.0595. The zero-order chi connectivity index (χ0) is 17.2. The second-order valence-electron chi connectivity index (χ2n) is 6.01. The highest BCUT2D eigenvalue weighted by atomic mass is 19.1. The van der Waals surface area contributed by atoms with Crippen LogP contribution in [0.4, 0.5) is 4.39 Å². The fourth-order valence-corrected chi connectivity index (χ4v) is 3.15. The Hall–Kier alpha value is -3.03. The van der Waals surface area contributed by atoms with Gasteiger partial charge in [0.25, 0.3) is 5.91 Å². The van der Waals surface area contributed by atoms with Crippen molar-refractivity contribution in [2.45, 2.75) is 25.3 Å². The molecule has 1 aliphatic heterocycles. The van der Waals surface area contributed by atoms with E-state index in [0.29, 0.717) is 12.2 Å². The number of aromatic amines is 1. The number of halogens is 1. The van der Waals surface area contributed by atoms with Crippen molar-refractivity contribution in [1.82, 2.24) is 29.9 Å². The summed E-state index contributed by atoms with van der Waals surface area (Å²) in [5.41, 5.74) is 0.914. The van der Waals surface area contributed by atoms with Crippen molar-refractivity contribution in [3.8, 4) is 5.69 Å². The maximum atomic E-state index is 13.0. The molecule has 1 aromatic carbocycles. The number of benzene rings is 1. The van der Waals surface area contributed by atoms with E-state index in [4.69, 9.17) is 0 Å². The summed E-state index contributed by atoms with van der Waals surface area (Å²) in [4.78, 5) is 22.1. The first-order chi connectivity index (χ1) is 12.2. The Labute approximate surface area is 143 Å². The van der Waals surface area contributed by atoms with Crippen LogP contribution in [0, 0.1) is 5.82 Å². The maximum absolute atomic E-state index is 13.0. The van der Waals surface area contributed by atoms with Crippen LogP contribution in [0.5, 0.6) is 0 Å². The number of hydrogen-bond donors (Lipinski definition) is 1. The molecule has 1 atom stereocenters. The molecular formula is C17H17FN6O. The molecule has 1 saturated heterocycles. The van der Waals surface area contributed by atoms with E-state index in [1.54, 1.807) is 35.6 Å². The molecule has 0 spiro atoms. The Morgan fingerprint density at radius 2 is 2.08 bits per heavy atom. The molecule has 1 aliphatic rings. The zero-order valence-corrected chi connectivity index (χ0v) is 13.5. The van der Waals surface area contributed by atoms with E-state index in [2.05, 4.69) is 20.3 Å². The van der Waals surface area contributed by atoms with Gasteiger partial charge in [0.05, 0.1) is 17.9 Å². The third-order valence-electron chi connectivity index (χ3n) is 4.40. The van der Waals surface area contributed by atoms with Crippen LogP contribution in [-0.2, 0) is 0 Å². The van der Waals surface area contributed by atoms with Crippen molar-refractivity contribution < 1.29 is 9.18 Å². The second kappa shape index (κ2) is 6.46. The minimum Gasteiger partial charge on any atom is -0.347 e. The number of rotatable bonds is 3. The van der Waals surface area contributed by atoms with E-state index in [1.807, 2.05) is 0 Å². The molecule has 0 saturated carbocycles. The van der Waals surface area contributed by atoms with Crippen LogP contribution in [0.3, 0.4) is 0 Å². The van der Waals surface area contributed by atoms with Crippen LogP contribution in [0.2, 0.25) is 0 Å². The Balaban J connectivity index is 1.58. The molecule has 0 aliphatic carbocycles. The van der Waals surface area contributed by atoms with Crippen molar-refractivity contribution in [3.63, 3.8) is 0 Å². The number of carbonyl (C=O) groups is 1. The molecule has 3 aromatic rings. The van der Waals surface area contributed by atoms with Gasteiger partial charge in [0.15, 0.2) is 5.69 Å². The van der Waals surface area contributed by atoms with Crippen molar-refractivity contribution in [1.29, 1.82) is 0 Å². The maximum Gasteiger partial charge on any atom is 0.276 e. The Morgan fingerprint density at radius 1 is 1.24 bits per heavy atom. The normalized spacial score (nSPS) is 17.6. The molecule has 7 nitrogen and oxygen atoms in total. The van der Waals surface area contributed by atoms with Crippen LogP contribution < -0.4 is 0 Å². The highest BCUT2D eigenvalue weighted by Gasteiger charge is 2.31. The summed E-state index contributed by atoms with van der Waals surface area (Å²) in [6.45, 7) is 0.660. The third-order valence-corrected chi connectivity index (χ3v) is 4.40. The lowest BCUT2D eigenvalue weighted by Crippen LogP contribution is -2.39. The lowest BCUT2D eigenvalue weighted by Gasteiger charge is -2.33. The van der Waals surface area contributed by atoms with Gasteiger partial charge in [-0.2, -0.15) is 0 Å². The molecule has 0 bridgehead atoms. The summed E-state index contributed by atoms with van der Waals surface area (Å²) in [6, 6.07) is 5.79. The molecule has 1 fully saturated rings. The van der Waals surface area contributed by atoms with Crippen molar-refractivity contribution in [2.24, 2.45) is 0 Å². The summed E-state index contributed by atoms with van der Waals surface area (Å²) < 4.78 is 14.5. The SMILES string of the molecule is O=C(c1cn(-c2ccc(F)cc2)nn1)N1CCCCC1c1ncc[nH]1. The standard InChI is InChI=1S/C17H17FN6O/c18-12-4-6-13(7-5-12)24-11-14(21-22-24)17(25)23-10-2-1-3-15(23)16-19-8-9-20-16/h4-9,11,15H,1-3,10H2,(H,19,20). The highest BCUT2D eigenvalue weighted by Crippen LogP contribution is 2.29. The van der Waals surface area contributed by atoms with E-state index in [1.165, 1.54) is 16.8 Å². The van der Waals surface area contributed by atoms with Gasteiger partial charge >= 0.3 is 0 Å². The van der Waals surface area contributed by atoms with Crippen LogP contribution in [0.25, 0.3) is 5.69 Å². The number of carbonyl (C=O) groups excluding carboxylic acids is 1. The predicted molar refractivity (Wildman–Crippen MR) is 87.5 cm³/mol. The van der Waals surface area contributed by atoms with Gasteiger partial charge in [0.2, 0.25) is 0 Å². The van der Waals surface area contributed by atoms with E-state index in [0.717, 1.165) is 25.1 Å². The van der Waals surface area contributed by atoms with Crippen molar-refractivity contribution >= 4 is 5.91 Å². The van der Waals surface area contributed by atoms with Crippen LogP contribution in [-0.4, -0.2) is 42.3 Å². The quantitative estimate of drug-likeness (QED) is 0.794. The Morgan fingerprint density at radius 3 is 2.84 bits per heavy atom. The van der Waals surface area contributed by atoms with Gasteiger partial charge in [0.1, 0.15) is 11.6 Å². The number of amides is 1. The second-order valence-corrected chi connectivity index (χ2v) is 6.01. The van der Waals surface area contributed by atoms with Gasteiger partial charge in [-0.15, -0.1) is 5.10 Å². The smallest absolute Gasteiger partial charge is 0.276 e. The van der Waals surface area contributed by atoms with Crippen LogP contribution in [0.1, 0.15) is 41.6 Å². The number of nitrogens with zero attached hydrogens (tertiary/aromatic N) is 5. The number of imidazole rings is 1. The Bertz CT molecular complexity index is 858. The molecule has 3 heterocycles. The molecule has 25 heavy (non-hydrogen) atoms. The topological polar surface area (TPSA) is 79.7 Å². The van der Waals surface area contributed by atoms with Crippen LogP contribution in [0.15, 0.2) is 42.9 Å². The average molecular weight is 340 g/mol. The fraction of sp³-hybridized carbons (Fsp3) is 0.294. The average Bonchev–Trinajstić information content (AvgIpc) is 3.34. The summed E-state index contributed by atoms with van der Waals surface area (Å²) in [5.74, 6) is 0.295. The summed E-state index contributed by atoms with van der Waals surface area (Å²) in [6.07, 6.45) is 7.90. The highest BCUT2D eigenvalue weighted by molar-refractivity contribution is 5.92. The van der Waals surface area contributed by atoms with Gasteiger partial charge in [-0.05, 0) is 43.5 Å². The van der Waals surface area contributed by atoms with Gasteiger partial charge in [0, 0.05) is 18.9 Å². The minimum absolute atomic E-state index is 0.0766. The minimum atomic E-state index is -0.324. The number of likely N-dealkylation sites (tertiary alicyclic amines) is 1. The van der Waals surface area contributed by atoms with Gasteiger partial charge < -0.3 is 9.88 Å². The molecule has 0 radical (unpaired) electrons. The molecule has 1 unspecified atom stereocenters. The summed E-state index contributed by atoms with van der Waals surface area (Å²) in [7, 11) is 0. The Kier molecular flexibility index (Phi) is 4.01. The van der Waals surface area contributed by atoms with Gasteiger partial charge in [-0.3, -0.25) is 4.79 Å². The van der Waals surface area contributed by atoms with Crippen molar-refractivity contribution in [2.75, 3.05) is 6.54 Å². The summed E-state index contributed by atoms with van der Waals surface area (Å²) in [5, 5.41) is 8.00. The zero-order valence-electron chi connectivity index (χ0n) is 13.5. The molecular weight excluding hydrogens is 323 g/mol. The largest absolute Gasteiger partial charge is 0.347 e. The van der Waals surface area contributed by atoms with E-state index in [9.17, 15) is 9.18 Å². The van der Waals surface area contributed by atoms with Crippen LogP contribution >= 0.6 is 0 Å². The molecule has 2 aromatic heterocycles. The first kappa shape index (κ1) is 15.5. The summed E-state index contributed by atoms with van der Waals surface area (Å²) >= 11 is 0. The van der Waals surface area contributed by atoms with Gasteiger partial charge in [-0.25, -0.2) is 14.1 Å².